The van der Waals surface area contributed by atoms with Crippen LogP contribution in [0.15, 0.2) is 18.2 Å². The van der Waals surface area contributed by atoms with E-state index in [9.17, 15) is 0 Å². The highest BCUT2D eigenvalue weighted by Crippen LogP contribution is 2.12. The van der Waals surface area contributed by atoms with Crippen molar-refractivity contribution in [2.75, 3.05) is 6.54 Å². The molecule has 1 aromatic rings. The highest BCUT2D eigenvalue weighted by atomic mass is 14.5. The standard InChI is InChI=1S/C12H19N/c1-10-6-7-12(11(2)9-10)5-3-4-8-13/h6-7,9H,3-5,8,13H2,1-2H3. The largest absolute Gasteiger partial charge is 0.330 e. The normalized spacial score (nSPS) is 10.4. The maximum Gasteiger partial charge on any atom is -0.00772 e. The summed E-state index contributed by atoms with van der Waals surface area (Å²) in [6.07, 6.45) is 3.51. The molecule has 0 aliphatic heterocycles. The number of unbranched alkanes of at least 4 members (excludes halogenated alkanes) is 1. The minimum Gasteiger partial charge on any atom is -0.330 e. The van der Waals surface area contributed by atoms with Crippen LogP contribution in [0, 0.1) is 13.8 Å². The molecule has 1 nitrogen and oxygen atoms in total. The summed E-state index contributed by atoms with van der Waals surface area (Å²) in [6.45, 7) is 5.13. The van der Waals surface area contributed by atoms with Gasteiger partial charge < -0.3 is 5.73 Å². The third-order valence-electron chi connectivity index (χ3n) is 2.40. The van der Waals surface area contributed by atoms with Gasteiger partial charge in [0.05, 0.1) is 0 Å². The van der Waals surface area contributed by atoms with Gasteiger partial charge in [0, 0.05) is 0 Å². The second-order valence-electron chi connectivity index (χ2n) is 3.68. The Hall–Kier alpha value is -0.820. The Kier molecular flexibility index (Phi) is 3.97. The Morgan fingerprint density at radius 1 is 1.15 bits per heavy atom. The van der Waals surface area contributed by atoms with Gasteiger partial charge in [-0.2, -0.15) is 0 Å². The smallest absolute Gasteiger partial charge is 0.00772 e. The summed E-state index contributed by atoms with van der Waals surface area (Å²) in [5.74, 6) is 0. The first kappa shape index (κ1) is 10.3. The Morgan fingerprint density at radius 3 is 2.54 bits per heavy atom. The molecule has 0 bridgehead atoms. The van der Waals surface area contributed by atoms with Crippen LogP contribution in [-0.4, -0.2) is 6.54 Å². The van der Waals surface area contributed by atoms with E-state index >= 15 is 0 Å². The van der Waals surface area contributed by atoms with Crippen molar-refractivity contribution in [3.8, 4) is 0 Å². The van der Waals surface area contributed by atoms with Gasteiger partial charge in [-0.05, 0) is 50.8 Å². The predicted molar refractivity (Wildman–Crippen MR) is 57.9 cm³/mol. The van der Waals surface area contributed by atoms with E-state index in [0.717, 1.165) is 13.0 Å². The molecule has 1 rings (SSSR count). The van der Waals surface area contributed by atoms with E-state index in [1.54, 1.807) is 0 Å². The van der Waals surface area contributed by atoms with Crippen molar-refractivity contribution >= 4 is 0 Å². The molecule has 2 N–H and O–H groups in total. The molecule has 0 spiro atoms. The number of hydrogen-bond donors (Lipinski definition) is 1. The van der Waals surface area contributed by atoms with E-state index in [1.807, 2.05) is 0 Å². The van der Waals surface area contributed by atoms with Gasteiger partial charge in [0.15, 0.2) is 0 Å². The Morgan fingerprint density at radius 2 is 1.92 bits per heavy atom. The first-order valence-electron chi connectivity index (χ1n) is 5.00. The fourth-order valence-corrected chi connectivity index (χ4v) is 1.59. The molecular formula is C12H19N. The second-order valence-corrected chi connectivity index (χ2v) is 3.68. The lowest BCUT2D eigenvalue weighted by Gasteiger charge is -2.05. The lowest BCUT2D eigenvalue weighted by molar-refractivity contribution is 0.742. The van der Waals surface area contributed by atoms with Crippen LogP contribution in [0.3, 0.4) is 0 Å². The van der Waals surface area contributed by atoms with E-state index in [4.69, 9.17) is 5.73 Å². The molecule has 0 unspecified atom stereocenters. The van der Waals surface area contributed by atoms with Crippen molar-refractivity contribution < 1.29 is 0 Å². The zero-order valence-electron chi connectivity index (χ0n) is 8.64. The number of benzene rings is 1. The number of rotatable bonds is 4. The first-order valence-corrected chi connectivity index (χ1v) is 5.00. The van der Waals surface area contributed by atoms with Crippen molar-refractivity contribution in [1.29, 1.82) is 0 Å². The van der Waals surface area contributed by atoms with Crippen LogP contribution in [0.1, 0.15) is 29.5 Å². The molecule has 0 aromatic heterocycles. The van der Waals surface area contributed by atoms with Gasteiger partial charge in [0.2, 0.25) is 0 Å². The van der Waals surface area contributed by atoms with Crippen LogP contribution >= 0.6 is 0 Å². The van der Waals surface area contributed by atoms with Gasteiger partial charge in [0.25, 0.3) is 0 Å². The molecule has 0 saturated carbocycles. The summed E-state index contributed by atoms with van der Waals surface area (Å²) >= 11 is 0. The monoisotopic (exact) mass is 177 g/mol. The van der Waals surface area contributed by atoms with Gasteiger partial charge in [0.1, 0.15) is 0 Å². The number of hydrogen-bond acceptors (Lipinski definition) is 1. The molecule has 0 aliphatic rings. The maximum atomic E-state index is 5.45. The van der Waals surface area contributed by atoms with Gasteiger partial charge >= 0.3 is 0 Å². The summed E-state index contributed by atoms with van der Waals surface area (Å²) in [7, 11) is 0. The van der Waals surface area contributed by atoms with Crippen LogP contribution in [0.5, 0.6) is 0 Å². The molecule has 0 atom stereocenters. The van der Waals surface area contributed by atoms with Crippen molar-refractivity contribution in [3.63, 3.8) is 0 Å². The molecule has 0 fully saturated rings. The van der Waals surface area contributed by atoms with Crippen LogP contribution < -0.4 is 5.73 Å². The Balaban J connectivity index is 2.56. The van der Waals surface area contributed by atoms with E-state index in [0.29, 0.717) is 0 Å². The quantitative estimate of drug-likeness (QED) is 0.703. The van der Waals surface area contributed by atoms with Crippen LogP contribution in [0.25, 0.3) is 0 Å². The fourth-order valence-electron chi connectivity index (χ4n) is 1.59. The second kappa shape index (κ2) is 5.03. The molecule has 72 valence electrons. The molecule has 13 heavy (non-hydrogen) atoms. The summed E-state index contributed by atoms with van der Waals surface area (Å²) in [6, 6.07) is 6.67. The third-order valence-corrected chi connectivity index (χ3v) is 2.40. The average Bonchev–Trinajstić information content (AvgIpc) is 2.09. The zero-order valence-corrected chi connectivity index (χ0v) is 8.64. The lowest BCUT2D eigenvalue weighted by Crippen LogP contribution is -1.99. The highest BCUT2D eigenvalue weighted by Gasteiger charge is 1.97. The van der Waals surface area contributed by atoms with E-state index in [2.05, 4.69) is 32.0 Å². The van der Waals surface area contributed by atoms with Gasteiger partial charge in [-0.3, -0.25) is 0 Å². The summed E-state index contributed by atoms with van der Waals surface area (Å²) in [5.41, 5.74) is 9.69. The fraction of sp³-hybridized carbons (Fsp3) is 0.500. The molecule has 0 saturated heterocycles. The summed E-state index contributed by atoms with van der Waals surface area (Å²) in [4.78, 5) is 0. The molecular weight excluding hydrogens is 158 g/mol. The maximum absolute atomic E-state index is 5.45. The molecule has 0 amide bonds. The zero-order chi connectivity index (χ0) is 9.68. The molecule has 0 aliphatic carbocycles. The highest BCUT2D eigenvalue weighted by molar-refractivity contribution is 5.30. The SMILES string of the molecule is Cc1ccc(CCCCN)c(C)c1. The van der Waals surface area contributed by atoms with Crippen LogP contribution in [0.4, 0.5) is 0 Å². The van der Waals surface area contributed by atoms with Gasteiger partial charge in [-0.15, -0.1) is 0 Å². The first-order chi connectivity index (χ1) is 6.24. The average molecular weight is 177 g/mol. The Bertz CT molecular complexity index is 266. The minimum atomic E-state index is 0.810. The topological polar surface area (TPSA) is 26.0 Å². The van der Waals surface area contributed by atoms with Crippen molar-refractivity contribution in [1.82, 2.24) is 0 Å². The minimum absolute atomic E-state index is 0.810. The van der Waals surface area contributed by atoms with E-state index in [1.165, 1.54) is 29.5 Å². The number of nitrogens with two attached hydrogens (primary N) is 1. The molecule has 1 heteroatoms. The van der Waals surface area contributed by atoms with Crippen LogP contribution in [-0.2, 0) is 6.42 Å². The van der Waals surface area contributed by atoms with Crippen molar-refractivity contribution in [2.24, 2.45) is 5.73 Å². The predicted octanol–water partition coefficient (Wildman–Crippen LogP) is 2.58. The van der Waals surface area contributed by atoms with Crippen molar-refractivity contribution in [2.45, 2.75) is 33.1 Å². The van der Waals surface area contributed by atoms with Gasteiger partial charge in [-0.25, -0.2) is 0 Å². The molecule has 0 heterocycles. The Labute approximate surface area is 81.0 Å². The number of aryl methyl sites for hydroxylation is 3. The summed E-state index contributed by atoms with van der Waals surface area (Å²) in [5, 5.41) is 0. The summed E-state index contributed by atoms with van der Waals surface area (Å²) < 4.78 is 0. The third kappa shape index (κ3) is 3.19. The van der Waals surface area contributed by atoms with Crippen molar-refractivity contribution in [3.05, 3.63) is 34.9 Å². The van der Waals surface area contributed by atoms with Crippen LogP contribution in [0.2, 0.25) is 0 Å². The van der Waals surface area contributed by atoms with E-state index < -0.39 is 0 Å². The lowest BCUT2D eigenvalue weighted by atomic mass is 10.0. The van der Waals surface area contributed by atoms with E-state index in [-0.39, 0.29) is 0 Å². The van der Waals surface area contributed by atoms with Gasteiger partial charge in [-0.1, -0.05) is 23.8 Å². The molecule has 1 aromatic carbocycles. The molecule has 0 radical (unpaired) electrons.